The monoisotopic (exact) mass is 268 g/mol. The lowest BCUT2D eigenvalue weighted by Gasteiger charge is -2.27. The fourth-order valence-corrected chi connectivity index (χ4v) is 3.10. The molecule has 2 saturated heterocycles. The van der Waals surface area contributed by atoms with Gasteiger partial charge < -0.3 is 14.9 Å². The first-order chi connectivity index (χ1) is 9.18. The molecule has 2 fully saturated rings. The first kappa shape index (κ1) is 14.3. The third-order valence-electron chi connectivity index (χ3n) is 4.17. The summed E-state index contributed by atoms with van der Waals surface area (Å²) < 4.78 is 0. The van der Waals surface area contributed by atoms with Crippen LogP contribution in [0.1, 0.15) is 44.9 Å². The average Bonchev–Trinajstić information content (AvgIpc) is 2.89. The lowest BCUT2D eigenvalue weighted by molar-refractivity contribution is -0.148. The summed E-state index contributed by atoms with van der Waals surface area (Å²) in [4.78, 5) is 27.0. The molecule has 1 atom stereocenters. The fourth-order valence-electron chi connectivity index (χ4n) is 3.10. The van der Waals surface area contributed by atoms with E-state index in [-0.39, 0.29) is 5.91 Å². The highest BCUT2D eigenvalue weighted by Gasteiger charge is 2.33. The molecular weight excluding hydrogens is 244 g/mol. The number of piperidine rings is 1. The zero-order chi connectivity index (χ0) is 13.7. The lowest BCUT2D eigenvalue weighted by atomic mass is 10.1. The number of carbonyl (C=O) groups excluding carboxylic acids is 1. The molecule has 1 amide bonds. The van der Waals surface area contributed by atoms with Crippen molar-refractivity contribution in [3.8, 4) is 0 Å². The quantitative estimate of drug-likeness (QED) is 0.817. The number of nitrogens with zero attached hydrogens (tertiary/aromatic N) is 2. The number of carboxylic acid groups (broad SMARTS) is 1. The Morgan fingerprint density at radius 1 is 1.05 bits per heavy atom. The molecule has 0 aromatic rings. The van der Waals surface area contributed by atoms with Crippen LogP contribution in [0.25, 0.3) is 0 Å². The molecule has 2 aliphatic rings. The minimum absolute atomic E-state index is 0.0157. The second-order valence-corrected chi connectivity index (χ2v) is 5.59. The summed E-state index contributed by atoms with van der Waals surface area (Å²) in [6.45, 7) is 3.88. The van der Waals surface area contributed by atoms with Crippen LogP contribution in [-0.4, -0.2) is 59.0 Å². The molecule has 2 aliphatic heterocycles. The molecule has 5 heteroatoms. The van der Waals surface area contributed by atoms with Gasteiger partial charge in [0.25, 0.3) is 0 Å². The Bertz CT molecular complexity index is 327. The topological polar surface area (TPSA) is 60.9 Å². The highest BCUT2D eigenvalue weighted by molar-refractivity contribution is 5.84. The van der Waals surface area contributed by atoms with Gasteiger partial charge in [0.05, 0.1) is 0 Å². The molecule has 0 bridgehead atoms. The van der Waals surface area contributed by atoms with Crippen LogP contribution in [0, 0.1) is 0 Å². The Balaban J connectivity index is 1.70. The molecule has 1 N–H and O–H groups in total. The van der Waals surface area contributed by atoms with E-state index in [1.54, 1.807) is 4.90 Å². The van der Waals surface area contributed by atoms with E-state index >= 15 is 0 Å². The second-order valence-electron chi connectivity index (χ2n) is 5.59. The van der Waals surface area contributed by atoms with E-state index < -0.39 is 12.0 Å². The zero-order valence-corrected chi connectivity index (χ0v) is 11.5. The largest absolute Gasteiger partial charge is 0.480 e. The first-order valence-electron chi connectivity index (χ1n) is 7.43. The van der Waals surface area contributed by atoms with Gasteiger partial charge in [-0.15, -0.1) is 0 Å². The zero-order valence-electron chi connectivity index (χ0n) is 11.5. The number of carboxylic acids is 1. The van der Waals surface area contributed by atoms with Gasteiger partial charge in [0.1, 0.15) is 6.04 Å². The van der Waals surface area contributed by atoms with Crippen molar-refractivity contribution in [1.82, 2.24) is 9.80 Å². The van der Waals surface area contributed by atoms with Crippen LogP contribution >= 0.6 is 0 Å². The summed E-state index contributed by atoms with van der Waals surface area (Å²) in [5.41, 5.74) is 0. The highest BCUT2D eigenvalue weighted by atomic mass is 16.4. The molecule has 19 heavy (non-hydrogen) atoms. The molecule has 5 nitrogen and oxygen atoms in total. The van der Waals surface area contributed by atoms with Gasteiger partial charge in [0.15, 0.2) is 0 Å². The Kier molecular flexibility index (Phi) is 5.19. The van der Waals surface area contributed by atoms with Gasteiger partial charge in [-0.05, 0) is 51.7 Å². The number of hydrogen-bond donors (Lipinski definition) is 1. The van der Waals surface area contributed by atoms with Gasteiger partial charge in [0, 0.05) is 13.0 Å². The normalized spacial score (nSPS) is 24.6. The number of rotatable bonds is 5. The van der Waals surface area contributed by atoms with Crippen molar-refractivity contribution < 1.29 is 14.7 Å². The highest BCUT2D eigenvalue weighted by Crippen LogP contribution is 2.19. The Labute approximate surface area is 114 Å². The summed E-state index contributed by atoms with van der Waals surface area (Å²) in [6, 6.07) is -0.581. The molecule has 108 valence electrons. The van der Waals surface area contributed by atoms with Gasteiger partial charge in [-0.1, -0.05) is 6.42 Å². The maximum absolute atomic E-state index is 12.0. The fraction of sp³-hybridized carbons (Fsp3) is 0.857. The lowest BCUT2D eigenvalue weighted by Crippen LogP contribution is -2.40. The Hall–Kier alpha value is -1.10. The molecule has 2 rings (SSSR count). The van der Waals surface area contributed by atoms with Crippen LogP contribution in [0.5, 0.6) is 0 Å². The van der Waals surface area contributed by atoms with Crippen LogP contribution in [0.3, 0.4) is 0 Å². The molecule has 0 aliphatic carbocycles. The molecule has 0 aromatic heterocycles. The van der Waals surface area contributed by atoms with Crippen LogP contribution in [0.15, 0.2) is 0 Å². The van der Waals surface area contributed by atoms with Gasteiger partial charge in [0.2, 0.25) is 5.91 Å². The predicted octanol–water partition coefficient (Wildman–Crippen LogP) is 1.33. The minimum atomic E-state index is -0.859. The summed E-state index contributed by atoms with van der Waals surface area (Å²) >= 11 is 0. The maximum atomic E-state index is 12.0. The maximum Gasteiger partial charge on any atom is 0.326 e. The SMILES string of the molecule is O=C(O)C1CCCN1C(=O)CCCN1CCCCC1. The van der Waals surface area contributed by atoms with Crippen LogP contribution < -0.4 is 0 Å². The van der Waals surface area contributed by atoms with Crippen LogP contribution in [-0.2, 0) is 9.59 Å². The summed E-state index contributed by atoms with van der Waals surface area (Å²) in [6.07, 6.45) is 6.61. The Morgan fingerprint density at radius 3 is 2.47 bits per heavy atom. The average molecular weight is 268 g/mol. The van der Waals surface area contributed by atoms with E-state index in [2.05, 4.69) is 4.90 Å². The van der Waals surface area contributed by atoms with Crippen molar-refractivity contribution in [2.75, 3.05) is 26.2 Å². The van der Waals surface area contributed by atoms with E-state index in [4.69, 9.17) is 5.11 Å². The summed E-state index contributed by atoms with van der Waals surface area (Å²) in [7, 11) is 0. The second kappa shape index (κ2) is 6.89. The van der Waals surface area contributed by atoms with Crippen LogP contribution in [0.4, 0.5) is 0 Å². The van der Waals surface area contributed by atoms with Crippen LogP contribution in [0.2, 0.25) is 0 Å². The number of amides is 1. The van der Waals surface area contributed by atoms with Crippen molar-refractivity contribution in [2.45, 2.75) is 51.0 Å². The van der Waals surface area contributed by atoms with E-state index in [9.17, 15) is 9.59 Å². The molecule has 2 heterocycles. The first-order valence-corrected chi connectivity index (χ1v) is 7.43. The molecular formula is C14H24N2O3. The van der Waals surface area contributed by atoms with E-state index in [1.165, 1.54) is 19.3 Å². The van der Waals surface area contributed by atoms with Crippen molar-refractivity contribution in [1.29, 1.82) is 0 Å². The molecule has 1 unspecified atom stereocenters. The smallest absolute Gasteiger partial charge is 0.326 e. The number of carbonyl (C=O) groups is 2. The Morgan fingerprint density at radius 2 is 1.79 bits per heavy atom. The van der Waals surface area contributed by atoms with E-state index in [0.29, 0.717) is 19.4 Å². The summed E-state index contributed by atoms with van der Waals surface area (Å²) in [5, 5.41) is 9.06. The minimum Gasteiger partial charge on any atom is -0.480 e. The van der Waals surface area contributed by atoms with Gasteiger partial charge in [-0.3, -0.25) is 4.79 Å². The van der Waals surface area contributed by atoms with Gasteiger partial charge in [-0.25, -0.2) is 4.79 Å². The third kappa shape index (κ3) is 3.93. The number of likely N-dealkylation sites (tertiary alicyclic amines) is 2. The van der Waals surface area contributed by atoms with Gasteiger partial charge in [-0.2, -0.15) is 0 Å². The van der Waals surface area contributed by atoms with Crippen molar-refractivity contribution >= 4 is 11.9 Å². The molecule has 0 radical (unpaired) electrons. The van der Waals surface area contributed by atoms with E-state index in [0.717, 1.165) is 32.5 Å². The number of hydrogen-bond acceptors (Lipinski definition) is 3. The van der Waals surface area contributed by atoms with Crippen molar-refractivity contribution in [3.63, 3.8) is 0 Å². The standard InChI is InChI=1S/C14H24N2O3/c17-13(16-11-4-6-12(16)14(18)19)7-5-10-15-8-2-1-3-9-15/h12H,1-11H2,(H,18,19). The molecule has 0 saturated carbocycles. The molecule has 0 aromatic carbocycles. The third-order valence-corrected chi connectivity index (χ3v) is 4.17. The predicted molar refractivity (Wildman–Crippen MR) is 71.9 cm³/mol. The van der Waals surface area contributed by atoms with E-state index in [1.807, 2.05) is 0 Å². The summed E-state index contributed by atoms with van der Waals surface area (Å²) in [5.74, 6) is -0.844. The van der Waals surface area contributed by atoms with Crippen molar-refractivity contribution in [3.05, 3.63) is 0 Å². The van der Waals surface area contributed by atoms with Crippen molar-refractivity contribution in [2.24, 2.45) is 0 Å². The van der Waals surface area contributed by atoms with Gasteiger partial charge >= 0.3 is 5.97 Å². The molecule has 0 spiro atoms. The number of aliphatic carboxylic acids is 1.